The number of hydrazone groups is 1. The van der Waals surface area contributed by atoms with Gasteiger partial charge in [0.25, 0.3) is 10.0 Å². The zero-order valence-corrected chi connectivity index (χ0v) is 13.6. The Labute approximate surface area is 139 Å². The Kier molecular flexibility index (Phi) is 4.32. The fourth-order valence-corrected chi connectivity index (χ4v) is 3.19. The van der Waals surface area contributed by atoms with Crippen molar-refractivity contribution in [1.82, 2.24) is 4.83 Å². The van der Waals surface area contributed by atoms with Crippen molar-refractivity contribution < 1.29 is 8.42 Å². The van der Waals surface area contributed by atoms with E-state index >= 15 is 0 Å². The summed E-state index contributed by atoms with van der Waals surface area (Å²) in [5, 5.41) is 5.66. The summed E-state index contributed by atoms with van der Waals surface area (Å²) in [7, 11) is -3.78. The van der Waals surface area contributed by atoms with Crippen molar-refractivity contribution in [2.45, 2.75) is 4.90 Å². The van der Waals surface area contributed by atoms with Gasteiger partial charge in [-0.3, -0.25) is 0 Å². The molecular formula is C17H13ClN2O2S. The predicted octanol–water partition coefficient (Wildman–Crippen LogP) is 3.72. The van der Waals surface area contributed by atoms with Crippen LogP contribution in [0.25, 0.3) is 10.8 Å². The highest BCUT2D eigenvalue weighted by atomic mass is 35.5. The quantitative estimate of drug-likeness (QED) is 0.579. The van der Waals surface area contributed by atoms with Gasteiger partial charge in [0.2, 0.25) is 0 Å². The Balaban J connectivity index is 1.88. The van der Waals surface area contributed by atoms with Gasteiger partial charge >= 0.3 is 0 Å². The van der Waals surface area contributed by atoms with Gasteiger partial charge in [-0.2, -0.15) is 18.4 Å². The van der Waals surface area contributed by atoms with E-state index in [0.29, 0.717) is 5.56 Å². The lowest BCUT2D eigenvalue weighted by molar-refractivity contribution is 0.585. The largest absolute Gasteiger partial charge is 0.276 e. The lowest BCUT2D eigenvalue weighted by Crippen LogP contribution is -2.19. The van der Waals surface area contributed by atoms with Crippen LogP contribution in [0.4, 0.5) is 0 Å². The number of sulfonamides is 1. The van der Waals surface area contributed by atoms with Crippen LogP contribution in [0, 0.1) is 0 Å². The maximum atomic E-state index is 12.3. The zero-order chi connectivity index (χ0) is 16.3. The molecule has 3 rings (SSSR count). The molecule has 6 heteroatoms. The van der Waals surface area contributed by atoms with Crippen LogP contribution in [0.5, 0.6) is 0 Å². The summed E-state index contributed by atoms with van der Waals surface area (Å²) in [6, 6.07) is 21.4. The van der Waals surface area contributed by atoms with Gasteiger partial charge in [0, 0.05) is 5.56 Å². The smallest absolute Gasteiger partial charge is 0.200 e. The molecule has 0 heterocycles. The lowest BCUT2D eigenvalue weighted by atomic mass is 10.1. The average Bonchev–Trinajstić information content (AvgIpc) is 2.60. The summed E-state index contributed by atoms with van der Waals surface area (Å²) < 4.78 is 24.7. The predicted molar refractivity (Wildman–Crippen MR) is 93.1 cm³/mol. The highest BCUT2D eigenvalue weighted by Gasteiger charge is 2.14. The van der Waals surface area contributed by atoms with Crippen LogP contribution in [0.3, 0.4) is 0 Å². The number of nitrogens with one attached hydrogen (secondary N) is 1. The molecule has 0 aliphatic heterocycles. The van der Waals surface area contributed by atoms with Crippen LogP contribution in [0.2, 0.25) is 0 Å². The molecule has 0 atom stereocenters. The topological polar surface area (TPSA) is 58.5 Å². The average molecular weight is 345 g/mol. The minimum absolute atomic E-state index is 0.0787. The Bertz CT molecular complexity index is 970. The third-order valence-electron chi connectivity index (χ3n) is 3.31. The Morgan fingerprint density at radius 3 is 2.26 bits per heavy atom. The van der Waals surface area contributed by atoms with Crippen LogP contribution in [-0.2, 0) is 10.0 Å². The second kappa shape index (κ2) is 6.40. The molecule has 0 aliphatic carbocycles. The van der Waals surface area contributed by atoms with Crippen LogP contribution >= 0.6 is 11.6 Å². The number of hydrogen-bond donors (Lipinski definition) is 1. The number of hydrogen-bond acceptors (Lipinski definition) is 3. The van der Waals surface area contributed by atoms with Gasteiger partial charge in [0.15, 0.2) is 5.17 Å². The highest BCUT2D eigenvalue weighted by Crippen LogP contribution is 2.19. The first-order chi connectivity index (χ1) is 11.1. The molecule has 0 fully saturated rings. The summed E-state index contributed by atoms with van der Waals surface area (Å²) in [5.41, 5.74) is 0.635. The van der Waals surface area contributed by atoms with Gasteiger partial charge in [0.05, 0.1) is 4.90 Å². The molecule has 0 radical (unpaired) electrons. The molecule has 0 bridgehead atoms. The number of benzene rings is 3. The molecule has 0 saturated heterocycles. The molecule has 1 N–H and O–H groups in total. The Morgan fingerprint density at radius 2 is 1.52 bits per heavy atom. The summed E-state index contributed by atoms with van der Waals surface area (Å²) in [4.78, 5) is 2.30. The second-order valence-corrected chi connectivity index (χ2v) is 6.89. The highest BCUT2D eigenvalue weighted by molar-refractivity contribution is 7.89. The summed E-state index contributed by atoms with van der Waals surface area (Å²) in [6.45, 7) is 0. The molecule has 0 amide bonds. The van der Waals surface area contributed by atoms with Gasteiger partial charge in [-0.05, 0) is 22.9 Å². The third kappa shape index (κ3) is 3.52. The molecular weight excluding hydrogens is 332 g/mol. The summed E-state index contributed by atoms with van der Waals surface area (Å²) in [5.74, 6) is 0. The lowest BCUT2D eigenvalue weighted by Gasteiger charge is -2.06. The Morgan fingerprint density at radius 1 is 0.870 bits per heavy atom. The molecule has 4 nitrogen and oxygen atoms in total. The summed E-state index contributed by atoms with van der Waals surface area (Å²) >= 11 is 6.02. The van der Waals surface area contributed by atoms with Gasteiger partial charge in [-0.1, -0.05) is 72.3 Å². The molecule has 3 aromatic carbocycles. The van der Waals surface area contributed by atoms with Crippen LogP contribution < -0.4 is 4.83 Å². The number of rotatable bonds is 4. The standard InChI is InChI=1S/C17H13ClN2O2S/c18-17(14-7-2-1-3-8-14)19-20-23(21,22)16-11-10-13-6-4-5-9-15(13)12-16/h1-12,20H/b19-17-. The monoisotopic (exact) mass is 344 g/mol. The van der Waals surface area contributed by atoms with E-state index in [0.717, 1.165) is 10.8 Å². The van der Waals surface area contributed by atoms with E-state index in [-0.39, 0.29) is 10.1 Å². The fourth-order valence-electron chi connectivity index (χ4n) is 2.13. The zero-order valence-electron chi connectivity index (χ0n) is 12.0. The SMILES string of the molecule is O=S(=O)(N/N=C(\Cl)c1ccccc1)c1ccc2ccccc2c1. The van der Waals surface area contributed by atoms with E-state index in [1.807, 2.05) is 30.3 Å². The molecule has 116 valence electrons. The van der Waals surface area contributed by atoms with Crippen molar-refractivity contribution in [3.63, 3.8) is 0 Å². The first-order valence-electron chi connectivity index (χ1n) is 6.85. The normalized spacial score (nSPS) is 12.3. The fraction of sp³-hybridized carbons (Fsp3) is 0. The molecule has 0 aliphatic rings. The maximum Gasteiger partial charge on any atom is 0.276 e. The van der Waals surface area contributed by atoms with E-state index in [1.54, 1.807) is 36.4 Å². The summed E-state index contributed by atoms with van der Waals surface area (Å²) in [6.07, 6.45) is 0. The molecule has 0 saturated carbocycles. The van der Waals surface area contributed by atoms with Crippen molar-refractivity contribution in [3.8, 4) is 0 Å². The van der Waals surface area contributed by atoms with Crippen molar-refractivity contribution >= 4 is 37.6 Å². The first kappa shape index (κ1) is 15.5. The van der Waals surface area contributed by atoms with E-state index in [1.165, 1.54) is 6.07 Å². The van der Waals surface area contributed by atoms with Crippen molar-refractivity contribution in [2.24, 2.45) is 5.10 Å². The maximum absolute atomic E-state index is 12.3. The van der Waals surface area contributed by atoms with Crippen LogP contribution in [0.15, 0.2) is 82.8 Å². The molecule has 0 unspecified atom stereocenters. The number of halogens is 1. The minimum Gasteiger partial charge on any atom is -0.200 e. The number of nitrogens with zero attached hydrogens (tertiary/aromatic N) is 1. The second-order valence-electron chi connectivity index (χ2n) is 4.87. The first-order valence-corrected chi connectivity index (χ1v) is 8.71. The van der Waals surface area contributed by atoms with Gasteiger partial charge in [0.1, 0.15) is 0 Å². The molecule has 23 heavy (non-hydrogen) atoms. The van der Waals surface area contributed by atoms with Gasteiger partial charge < -0.3 is 0 Å². The van der Waals surface area contributed by atoms with E-state index in [4.69, 9.17) is 11.6 Å². The third-order valence-corrected chi connectivity index (χ3v) is 4.82. The Hall–Kier alpha value is -2.37. The van der Waals surface area contributed by atoms with Crippen molar-refractivity contribution in [2.75, 3.05) is 0 Å². The minimum atomic E-state index is -3.78. The molecule has 0 spiro atoms. The van der Waals surface area contributed by atoms with Gasteiger partial charge in [-0.15, -0.1) is 0 Å². The van der Waals surface area contributed by atoms with E-state index < -0.39 is 10.0 Å². The van der Waals surface area contributed by atoms with Crippen molar-refractivity contribution in [3.05, 3.63) is 78.4 Å². The molecule has 3 aromatic rings. The van der Waals surface area contributed by atoms with Crippen molar-refractivity contribution in [1.29, 1.82) is 0 Å². The molecule has 0 aromatic heterocycles. The van der Waals surface area contributed by atoms with Crippen LogP contribution in [-0.4, -0.2) is 13.6 Å². The van der Waals surface area contributed by atoms with E-state index in [2.05, 4.69) is 9.93 Å². The van der Waals surface area contributed by atoms with Gasteiger partial charge in [-0.25, -0.2) is 0 Å². The van der Waals surface area contributed by atoms with Crippen LogP contribution in [0.1, 0.15) is 5.56 Å². The van der Waals surface area contributed by atoms with E-state index in [9.17, 15) is 8.42 Å². The number of fused-ring (bicyclic) bond motifs is 1.